The fraction of sp³-hybridized carbons (Fsp3) is 0.250. The molecular weight excluding hydrogens is 398 g/mol. The molecule has 0 unspecified atom stereocenters. The number of hydrogen-bond donors (Lipinski definition) is 0. The van der Waals surface area contributed by atoms with E-state index in [1.807, 2.05) is 0 Å². The van der Waals surface area contributed by atoms with E-state index >= 15 is 0 Å². The third-order valence-electron chi connectivity index (χ3n) is 3.65. The largest absolute Gasteiger partial charge is 1.00 e. The van der Waals surface area contributed by atoms with Gasteiger partial charge in [0, 0.05) is 0 Å². The van der Waals surface area contributed by atoms with Crippen molar-refractivity contribution in [3.8, 4) is 0 Å². The van der Waals surface area contributed by atoms with Crippen LogP contribution >= 0.6 is 0 Å². The zero-order valence-corrected chi connectivity index (χ0v) is 21.4. The summed E-state index contributed by atoms with van der Waals surface area (Å²) in [7, 11) is -8.61. The van der Waals surface area contributed by atoms with Crippen LogP contribution in [0.2, 0.25) is 0 Å². The molecule has 0 aromatic heterocycles. The molecule has 0 fully saturated rings. The van der Waals surface area contributed by atoms with Crippen LogP contribution in [0.4, 0.5) is 0 Å². The Morgan fingerprint density at radius 2 is 0.885 bits per heavy atom. The van der Waals surface area contributed by atoms with Crippen molar-refractivity contribution in [1.29, 1.82) is 0 Å². The van der Waals surface area contributed by atoms with Gasteiger partial charge in [0.05, 0.1) is 9.79 Å². The van der Waals surface area contributed by atoms with Crippen molar-refractivity contribution in [2.75, 3.05) is 0 Å². The monoisotopic (exact) mass is 416 g/mol. The van der Waals surface area contributed by atoms with Crippen molar-refractivity contribution in [3.05, 3.63) is 58.7 Å². The summed E-state index contributed by atoms with van der Waals surface area (Å²) in [6, 6.07) is 9.31. The maximum absolute atomic E-state index is 10.7. The second kappa shape index (κ2) is 11.3. The van der Waals surface area contributed by atoms with Crippen molar-refractivity contribution < 1.29 is 85.1 Å². The summed E-state index contributed by atoms with van der Waals surface area (Å²) in [4.78, 5) is -0.245. The van der Waals surface area contributed by atoms with Crippen LogP contribution in [-0.4, -0.2) is 25.9 Å². The molecule has 132 valence electrons. The molecular formula is C16H18Na2O6S2. The van der Waals surface area contributed by atoms with Gasteiger partial charge in [-0.1, -0.05) is 24.3 Å². The fourth-order valence-corrected chi connectivity index (χ4v) is 3.55. The van der Waals surface area contributed by atoms with Gasteiger partial charge in [-0.3, -0.25) is 0 Å². The SMILES string of the molecule is Cc1cccc(S(=O)(=O)[O-])c1C.Cc1cccc(S(=O)(=O)[O-])c1C.[Na+].[Na+]. The van der Waals surface area contributed by atoms with Crippen LogP contribution in [0.5, 0.6) is 0 Å². The summed E-state index contributed by atoms with van der Waals surface area (Å²) in [6.45, 7) is 6.79. The van der Waals surface area contributed by atoms with E-state index in [1.165, 1.54) is 12.1 Å². The van der Waals surface area contributed by atoms with Gasteiger partial charge < -0.3 is 9.11 Å². The Labute approximate surface area is 199 Å². The molecule has 2 aromatic carbocycles. The zero-order valence-electron chi connectivity index (χ0n) is 15.7. The van der Waals surface area contributed by atoms with Gasteiger partial charge in [0.2, 0.25) is 0 Å². The molecule has 0 heterocycles. The van der Waals surface area contributed by atoms with Gasteiger partial charge >= 0.3 is 59.1 Å². The van der Waals surface area contributed by atoms with Crippen LogP contribution in [0, 0.1) is 27.7 Å². The Balaban J connectivity index is 0. The van der Waals surface area contributed by atoms with Gasteiger partial charge in [-0.05, 0) is 62.1 Å². The smallest absolute Gasteiger partial charge is 0.744 e. The molecule has 2 rings (SSSR count). The van der Waals surface area contributed by atoms with Crippen molar-refractivity contribution in [2.24, 2.45) is 0 Å². The summed E-state index contributed by atoms with van der Waals surface area (Å²) >= 11 is 0. The zero-order chi connectivity index (χ0) is 18.7. The van der Waals surface area contributed by atoms with Crippen LogP contribution < -0.4 is 59.1 Å². The molecule has 26 heavy (non-hydrogen) atoms. The third-order valence-corrected chi connectivity index (χ3v) is 5.61. The van der Waals surface area contributed by atoms with Crippen molar-refractivity contribution in [2.45, 2.75) is 37.5 Å². The van der Waals surface area contributed by atoms with E-state index < -0.39 is 20.2 Å². The molecule has 0 atom stereocenters. The molecule has 10 heteroatoms. The summed E-state index contributed by atoms with van der Waals surface area (Å²) in [5, 5.41) is 0. The van der Waals surface area contributed by atoms with E-state index in [9.17, 15) is 25.9 Å². The van der Waals surface area contributed by atoms with Gasteiger partial charge in [-0.15, -0.1) is 0 Å². The summed E-state index contributed by atoms with van der Waals surface area (Å²) < 4.78 is 63.9. The Hall–Kier alpha value is 0.260. The van der Waals surface area contributed by atoms with Crippen LogP contribution in [-0.2, 0) is 20.2 Å². The standard InChI is InChI=1S/2C8H10O3S.2Na/c2*1-6-4-3-5-8(7(6)2)12(9,10)11;;/h2*3-5H,1-2H3,(H,9,10,11);;/q;;2*+1/p-2. The molecule has 0 radical (unpaired) electrons. The van der Waals surface area contributed by atoms with Gasteiger partial charge in [0.1, 0.15) is 20.2 Å². The maximum Gasteiger partial charge on any atom is 1.00 e. The van der Waals surface area contributed by atoms with E-state index in [0.717, 1.165) is 11.1 Å². The quantitative estimate of drug-likeness (QED) is 0.370. The Kier molecular flexibility index (Phi) is 12.4. The van der Waals surface area contributed by atoms with E-state index in [1.54, 1.807) is 52.0 Å². The van der Waals surface area contributed by atoms with E-state index in [4.69, 9.17) is 0 Å². The third kappa shape index (κ3) is 8.10. The Bertz CT molecular complexity index is 875. The predicted octanol–water partition coefficient (Wildman–Crippen LogP) is -3.58. The van der Waals surface area contributed by atoms with Crippen LogP contribution in [0.15, 0.2) is 46.2 Å². The van der Waals surface area contributed by atoms with Gasteiger partial charge in [0.25, 0.3) is 0 Å². The second-order valence-corrected chi connectivity index (χ2v) is 8.00. The fourth-order valence-electron chi connectivity index (χ4n) is 1.99. The molecule has 0 N–H and O–H groups in total. The predicted molar refractivity (Wildman–Crippen MR) is 87.8 cm³/mol. The molecule has 2 aromatic rings. The van der Waals surface area contributed by atoms with Crippen molar-refractivity contribution in [3.63, 3.8) is 0 Å². The Morgan fingerprint density at radius 1 is 0.615 bits per heavy atom. The topological polar surface area (TPSA) is 114 Å². The van der Waals surface area contributed by atoms with E-state index in [0.29, 0.717) is 11.1 Å². The number of aryl methyl sites for hydroxylation is 2. The first-order valence-electron chi connectivity index (χ1n) is 6.90. The molecule has 0 spiro atoms. The molecule has 6 nitrogen and oxygen atoms in total. The normalized spacial score (nSPS) is 10.7. The van der Waals surface area contributed by atoms with Gasteiger partial charge in [-0.25, -0.2) is 16.8 Å². The molecule has 0 bridgehead atoms. The average molecular weight is 416 g/mol. The first kappa shape index (κ1) is 28.5. The molecule has 0 aliphatic carbocycles. The molecule has 0 amide bonds. The van der Waals surface area contributed by atoms with Gasteiger partial charge in [0.15, 0.2) is 0 Å². The van der Waals surface area contributed by atoms with E-state index in [2.05, 4.69) is 0 Å². The minimum atomic E-state index is -4.31. The molecule has 0 aliphatic rings. The second-order valence-electron chi connectivity index (χ2n) is 5.30. The number of hydrogen-bond acceptors (Lipinski definition) is 6. The van der Waals surface area contributed by atoms with Crippen LogP contribution in [0.3, 0.4) is 0 Å². The average Bonchev–Trinajstić information content (AvgIpc) is 2.43. The molecule has 0 saturated heterocycles. The molecule has 0 saturated carbocycles. The maximum atomic E-state index is 10.7. The van der Waals surface area contributed by atoms with Crippen LogP contribution in [0.25, 0.3) is 0 Å². The number of benzene rings is 2. The van der Waals surface area contributed by atoms with Crippen molar-refractivity contribution >= 4 is 20.2 Å². The van der Waals surface area contributed by atoms with Gasteiger partial charge in [-0.2, -0.15) is 0 Å². The minimum Gasteiger partial charge on any atom is -0.744 e. The molecule has 0 aliphatic heterocycles. The van der Waals surface area contributed by atoms with Crippen LogP contribution in [0.1, 0.15) is 22.3 Å². The first-order valence-corrected chi connectivity index (χ1v) is 9.71. The number of rotatable bonds is 2. The summed E-state index contributed by atoms with van der Waals surface area (Å²) in [5.74, 6) is 0. The van der Waals surface area contributed by atoms with E-state index in [-0.39, 0.29) is 68.9 Å². The summed E-state index contributed by atoms with van der Waals surface area (Å²) in [6.07, 6.45) is 0. The summed E-state index contributed by atoms with van der Waals surface area (Å²) in [5.41, 5.74) is 2.69. The van der Waals surface area contributed by atoms with Crippen molar-refractivity contribution in [1.82, 2.24) is 0 Å². The Morgan fingerprint density at radius 3 is 1.08 bits per heavy atom. The first-order chi connectivity index (χ1) is 10.9. The minimum absolute atomic E-state index is 0.